The van der Waals surface area contributed by atoms with Gasteiger partial charge >= 0.3 is 6.09 Å². The molecule has 1 aromatic heterocycles. The molecule has 0 bridgehead atoms. The van der Waals surface area contributed by atoms with Gasteiger partial charge in [-0.25, -0.2) is 13.6 Å². The number of nitrogens with zero attached hydrogens (tertiary/aromatic N) is 3. The Morgan fingerprint density at radius 2 is 1.77 bits per heavy atom. The van der Waals surface area contributed by atoms with E-state index in [4.69, 9.17) is 26.8 Å². The van der Waals surface area contributed by atoms with Crippen LogP contribution in [0.2, 0.25) is 5.02 Å². The number of ether oxygens (including phenoxy) is 2. The second-order valence-electron chi connectivity index (χ2n) is 10.6. The number of rotatable bonds is 4. The van der Waals surface area contributed by atoms with E-state index in [1.54, 1.807) is 25.7 Å². The summed E-state index contributed by atoms with van der Waals surface area (Å²) in [5.41, 5.74) is 4.97. The lowest BCUT2D eigenvalue weighted by Gasteiger charge is -2.45. The van der Waals surface area contributed by atoms with E-state index in [0.717, 1.165) is 0 Å². The Hall–Kier alpha value is -3.66. The quantitative estimate of drug-likeness (QED) is 0.435. The summed E-state index contributed by atoms with van der Waals surface area (Å²) in [4.78, 5) is 33.1. The third-order valence-corrected chi connectivity index (χ3v) is 6.87. The van der Waals surface area contributed by atoms with Gasteiger partial charge in [0.15, 0.2) is 5.82 Å². The van der Waals surface area contributed by atoms with Crippen molar-refractivity contribution in [2.75, 3.05) is 25.1 Å². The SMILES string of the molecule is COc1cccc(F)c1-c1c(Cl)cc2c(N3CC(C)N(C(=O)OC(C)(C)C)C(C)C3)c(C(N)=O)cnc2c1F. The van der Waals surface area contributed by atoms with E-state index in [9.17, 15) is 14.0 Å². The molecule has 2 heterocycles. The number of piperazine rings is 1. The van der Waals surface area contributed by atoms with E-state index in [0.29, 0.717) is 18.8 Å². The monoisotopic (exact) mass is 560 g/mol. The van der Waals surface area contributed by atoms with Crippen LogP contribution in [0.25, 0.3) is 22.0 Å². The van der Waals surface area contributed by atoms with Crippen LogP contribution < -0.4 is 15.4 Å². The fraction of sp³-hybridized carbons (Fsp3) is 0.393. The molecule has 2 atom stereocenters. The van der Waals surface area contributed by atoms with E-state index in [2.05, 4.69) is 4.98 Å². The molecule has 2 N–H and O–H groups in total. The number of anilines is 1. The molecular formula is C28H31ClF2N4O4. The van der Waals surface area contributed by atoms with Crippen LogP contribution in [0, 0.1) is 11.6 Å². The van der Waals surface area contributed by atoms with Crippen molar-refractivity contribution < 1.29 is 27.8 Å². The smallest absolute Gasteiger partial charge is 0.410 e. The van der Waals surface area contributed by atoms with Gasteiger partial charge in [-0.1, -0.05) is 17.7 Å². The number of hydrogen-bond donors (Lipinski definition) is 1. The molecular weight excluding hydrogens is 530 g/mol. The molecule has 0 radical (unpaired) electrons. The van der Waals surface area contributed by atoms with Crippen LogP contribution in [-0.2, 0) is 4.74 Å². The maximum absolute atomic E-state index is 16.1. The number of nitrogens with two attached hydrogens (primary N) is 1. The molecule has 0 spiro atoms. The van der Waals surface area contributed by atoms with Crippen LogP contribution in [-0.4, -0.2) is 59.8 Å². The van der Waals surface area contributed by atoms with Crippen LogP contribution >= 0.6 is 11.6 Å². The highest BCUT2D eigenvalue weighted by atomic mass is 35.5. The molecule has 4 rings (SSSR count). The van der Waals surface area contributed by atoms with Crippen molar-refractivity contribution in [1.82, 2.24) is 9.88 Å². The van der Waals surface area contributed by atoms with E-state index in [-0.39, 0.29) is 50.4 Å². The van der Waals surface area contributed by atoms with Crippen molar-refractivity contribution >= 4 is 40.2 Å². The minimum Gasteiger partial charge on any atom is -0.496 e. The van der Waals surface area contributed by atoms with Gasteiger partial charge < -0.3 is 20.1 Å². The van der Waals surface area contributed by atoms with Crippen molar-refractivity contribution in [2.24, 2.45) is 5.73 Å². The number of fused-ring (bicyclic) bond motifs is 1. The third kappa shape index (κ3) is 5.30. The summed E-state index contributed by atoms with van der Waals surface area (Å²) >= 11 is 6.58. The van der Waals surface area contributed by atoms with Crippen molar-refractivity contribution in [3.8, 4) is 16.9 Å². The predicted molar refractivity (Wildman–Crippen MR) is 146 cm³/mol. The summed E-state index contributed by atoms with van der Waals surface area (Å²) in [7, 11) is 1.35. The molecule has 0 saturated carbocycles. The van der Waals surface area contributed by atoms with Gasteiger partial charge in [0.1, 0.15) is 22.7 Å². The maximum Gasteiger partial charge on any atom is 0.410 e. The summed E-state index contributed by atoms with van der Waals surface area (Å²) in [6.07, 6.45) is 0.754. The fourth-order valence-corrected chi connectivity index (χ4v) is 5.38. The molecule has 2 unspecified atom stereocenters. The number of carbonyl (C=O) groups is 2. The van der Waals surface area contributed by atoms with E-state index in [1.807, 2.05) is 18.7 Å². The lowest BCUT2D eigenvalue weighted by atomic mass is 9.98. The molecule has 39 heavy (non-hydrogen) atoms. The van der Waals surface area contributed by atoms with E-state index in [1.165, 1.54) is 37.6 Å². The summed E-state index contributed by atoms with van der Waals surface area (Å²) in [5.74, 6) is -2.24. The van der Waals surface area contributed by atoms with E-state index >= 15 is 4.39 Å². The second-order valence-corrected chi connectivity index (χ2v) is 11.0. The summed E-state index contributed by atoms with van der Waals surface area (Å²) in [6.45, 7) is 9.69. The first-order chi connectivity index (χ1) is 18.2. The average Bonchev–Trinajstić information content (AvgIpc) is 2.82. The van der Waals surface area contributed by atoms with Crippen LogP contribution in [0.5, 0.6) is 5.75 Å². The van der Waals surface area contributed by atoms with Crippen molar-refractivity contribution in [3.05, 3.63) is 52.7 Å². The van der Waals surface area contributed by atoms with Gasteiger partial charge in [0.2, 0.25) is 0 Å². The molecule has 11 heteroatoms. The van der Waals surface area contributed by atoms with Crippen LogP contribution in [0.4, 0.5) is 19.3 Å². The highest BCUT2D eigenvalue weighted by Gasteiger charge is 2.37. The van der Waals surface area contributed by atoms with Gasteiger partial charge in [-0.3, -0.25) is 14.7 Å². The number of methoxy groups -OCH3 is 1. The van der Waals surface area contributed by atoms with Gasteiger partial charge in [0.05, 0.1) is 41.0 Å². The zero-order valence-corrected chi connectivity index (χ0v) is 23.4. The molecule has 1 aliphatic rings. The van der Waals surface area contributed by atoms with Crippen molar-refractivity contribution in [2.45, 2.75) is 52.3 Å². The predicted octanol–water partition coefficient (Wildman–Crippen LogP) is 5.78. The number of hydrogen-bond acceptors (Lipinski definition) is 6. The molecule has 1 aliphatic heterocycles. The first kappa shape index (κ1) is 28.4. The minimum atomic E-state index is -0.869. The first-order valence-electron chi connectivity index (χ1n) is 12.4. The zero-order chi connectivity index (χ0) is 28.8. The van der Waals surface area contributed by atoms with Crippen LogP contribution in [0.1, 0.15) is 45.0 Å². The number of carbonyl (C=O) groups excluding carboxylic acids is 2. The molecule has 208 valence electrons. The van der Waals surface area contributed by atoms with Gasteiger partial charge in [-0.15, -0.1) is 0 Å². The highest BCUT2D eigenvalue weighted by molar-refractivity contribution is 6.34. The largest absolute Gasteiger partial charge is 0.496 e. The Balaban J connectivity index is 1.86. The van der Waals surface area contributed by atoms with Crippen molar-refractivity contribution in [1.29, 1.82) is 0 Å². The Bertz CT molecular complexity index is 1450. The lowest BCUT2D eigenvalue weighted by molar-refractivity contribution is 0.00564. The Kier molecular flexibility index (Phi) is 7.62. The fourth-order valence-electron chi connectivity index (χ4n) is 5.10. The standard InChI is InChI=1S/C28H31ClF2N4O4/c1-14-12-34(13-15(2)35(14)27(37)39-28(3,4)5)25-16-10-18(29)21(22-19(30)8-7-9-20(22)38-6)23(31)24(16)33-11-17(25)26(32)36/h7-11,14-15H,12-13H2,1-6H3,(H2,32,36). The summed E-state index contributed by atoms with van der Waals surface area (Å²) in [6, 6.07) is 4.93. The minimum absolute atomic E-state index is 0.0688. The molecule has 3 aromatic rings. The Labute approximate surface area is 230 Å². The molecule has 0 aliphatic carbocycles. The van der Waals surface area contributed by atoms with E-state index < -0.39 is 29.2 Å². The maximum atomic E-state index is 16.1. The lowest BCUT2D eigenvalue weighted by Crippen LogP contribution is -2.59. The molecule has 2 amide bonds. The summed E-state index contributed by atoms with van der Waals surface area (Å²) in [5, 5.41) is 0.138. The van der Waals surface area contributed by atoms with Crippen molar-refractivity contribution in [3.63, 3.8) is 0 Å². The molecule has 1 saturated heterocycles. The number of pyridine rings is 1. The zero-order valence-electron chi connectivity index (χ0n) is 22.6. The van der Waals surface area contributed by atoms with Crippen LogP contribution in [0.15, 0.2) is 30.5 Å². The number of amides is 2. The molecule has 1 fully saturated rings. The first-order valence-corrected chi connectivity index (χ1v) is 12.8. The summed E-state index contributed by atoms with van der Waals surface area (Å²) < 4.78 is 41.8. The van der Waals surface area contributed by atoms with Gasteiger partial charge in [-0.05, 0) is 52.8 Å². The second kappa shape index (κ2) is 10.5. The highest BCUT2D eigenvalue weighted by Crippen LogP contribution is 2.44. The normalized spacial score (nSPS) is 17.9. The van der Waals surface area contributed by atoms with Crippen LogP contribution in [0.3, 0.4) is 0 Å². The number of aromatic nitrogens is 1. The Morgan fingerprint density at radius 1 is 1.13 bits per heavy atom. The number of benzene rings is 2. The van der Waals surface area contributed by atoms with Gasteiger partial charge in [0, 0.05) is 30.2 Å². The van der Waals surface area contributed by atoms with Gasteiger partial charge in [-0.2, -0.15) is 0 Å². The van der Waals surface area contributed by atoms with Gasteiger partial charge in [0.25, 0.3) is 5.91 Å². The topological polar surface area (TPSA) is 98.0 Å². The molecule has 2 aromatic carbocycles. The average molecular weight is 561 g/mol. The number of primary amides is 1. The number of halogens is 3. The molecule has 8 nitrogen and oxygen atoms in total. The Morgan fingerprint density at radius 3 is 2.33 bits per heavy atom. The third-order valence-electron chi connectivity index (χ3n) is 6.58.